The summed E-state index contributed by atoms with van der Waals surface area (Å²) in [5, 5.41) is 27.1. The normalized spacial score (nSPS) is 11.1. The highest BCUT2D eigenvalue weighted by molar-refractivity contribution is 7.79. The standard InChI is InChI=1S/C21H19F3N2O2.C21H21F3N2O.CH3B.CH4S/c1-13-20(14(2)26(25-13)12-19(27)28)18-6-4-3-5-16(18)11-15-7-9-17(10-8-15)21(22,23)24;1-14-20(15(2)26(25-14)11-12-27)19-6-4-3-5-17(19)13-16-7-9-18(10-8-16)21(22,23)24;2*1-2/h3-10H,11-12H2,1-2H3,(H,27,28);3-10,27H,11-13H2,1-2H3;1H3;2H,1H3. The molecule has 15 heteroatoms. The van der Waals surface area contributed by atoms with Gasteiger partial charge in [-0.15, -0.1) is 0 Å². The number of alkyl halides is 6. The molecule has 7 nitrogen and oxygen atoms in total. The number of hydrogen-bond acceptors (Lipinski definition) is 5. The first-order chi connectivity index (χ1) is 28.0. The summed E-state index contributed by atoms with van der Waals surface area (Å²) in [6.07, 6.45) is -6.01. The first-order valence-electron chi connectivity index (χ1n) is 18.4. The third kappa shape index (κ3) is 12.6. The maximum Gasteiger partial charge on any atom is 0.416 e. The summed E-state index contributed by atoms with van der Waals surface area (Å²) in [5.74, 6) is -0.977. The fourth-order valence-electron chi connectivity index (χ4n) is 6.67. The van der Waals surface area contributed by atoms with Gasteiger partial charge in [-0.25, -0.2) is 0 Å². The average molecular weight is 837 g/mol. The van der Waals surface area contributed by atoms with E-state index in [1.54, 1.807) is 10.9 Å². The molecule has 2 radical (unpaired) electrons. The van der Waals surface area contributed by atoms with E-state index in [-0.39, 0.29) is 13.2 Å². The molecule has 0 spiro atoms. The van der Waals surface area contributed by atoms with E-state index in [0.717, 1.165) is 85.9 Å². The van der Waals surface area contributed by atoms with Crippen molar-refractivity contribution >= 4 is 26.4 Å². The summed E-state index contributed by atoms with van der Waals surface area (Å²) in [6.45, 7) is 9.21. The number of carboxylic acids is 1. The second kappa shape index (κ2) is 21.6. The van der Waals surface area contributed by atoms with E-state index in [0.29, 0.717) is 25.1 Å². The van der Waals surface area contributed by atoms with Crippen LogP contribution in [0.5, 0.6) is 0 Å². The Balaban J connectivity index is 0.000000291. The maximum atomic E-state index is 12.8. The van der Waals surface area contributed by atoms with Crippen LogP contribution < -0.4 is 0 Å². The smallest absolute Gasteiger partial charge is 0.416 e. The van der Waals surface area contributed by atoms with Crippen molar-refractivity contribution in [1.82, 2.24) is 19.6 Å². The second-order valence-electron chi connectivity index (χ2n) is 13.1. The number of hydrogen-bond donors (Lipinski definition) is 3. The Hall–Kier alpha value is -5.28. The van der Waals surface area contributed by atoms with Gasteiger partial charge < -0.3 is 10.2 Å². The summed E-state index contributed by atoms with van der Waals surface area (Å²) >= 11 is 3.53. The van der Waals surface area contributed by atoms with Gasteiger partial charge >= 0.3 is 18.3 Å². The Morgan fingerprint density at radius 2 is 0.983 bits per heavy atom. The van der Waals surface area contributed by atoms with Gasteiger partial charge in [0.15, 0.2) is 0 Å². The van der Waals surface area contributed by atoms with Gasteiger partial charge in [0.1, 0.15) is 6.54 Å². The highest BCUT2D eigenvalue weighted by Gasteiger charge is 2.31. The molecule has 0 aliphatic heterocycles. The Morgan fingerprint density at radius 3 is 1.34 bits per heavy atom. The summed E-state index contributed by atoms with van der Waals surface area (Å²) in [7, 11) is 4.50. The van der Waals surface area contributed by atoms with Gasteiger partial charge in [-0.2, -0.15) is 49.2 Å². The summed E-state index contributed by atoms with van der Waals surface area (Å²) in [4.78, 5) is 11.0. The van der Waals surface area contributed by atoms with Crippen molar-refractivity contribution in [2.45, 2.75) is 72.8 Å². The summed E-state index contributed by atoms with van der Waals surface area (Å²) in [5.41, 5.74) is 9.24. The van der Waals surface area contributed by atoms with Crippen LogP contribution in [-0.4, -0.2) is 56.5 Å². The summed E-state index contributed by atoms with van der Waals surface area (Å²) < 4.78 is 79.8. The van der Waals surface area contributed by atoms with E-state index in [2.05, 4.69) is 30.7 Å². The van der Waals surface area contributed by atoms with Gasteiger partial charge in [0, 0.05) is 22.5 Å². The molecule has 6 rings (SSSR count). The second-order valence-corrected chi connectivity index (χ2v) is 13.1. The van der Waals surface area contributed by atoms with Crippen LogP contribution in [0.15, 0.2) is 97.1 Å². The van der Waals surface area contributed by atoms with Crippen molar-refractivity contribution in [3.05, 3.63) is 153 Å². The van der Waals surface area contributed by atoms with E-state index in [1.165, 1.54) is 35.8 Å². The van der Waals surface area contributed by atoms with Crippen LogP contribution in [0.1, 0.15) is 56.2 Å². The van der Waals surface area contributed by atoms with Gasteiger partial charge in [-0.1, -0.05) is 79.6 Å². The molecule has 0 amide bonds. The Kier molecular flexibility index (Phi) is 17.6. The number of aliphatic hydroxyl groups excluding tert-OH is 1. The van der Waals surface area contributed by atoms with Crippen molar-refractivity contribution in [2.75, 3.05) is 12.9 Å². The van der Waals surface area contributed by atoms with Crippen molar-refractivity contribution < 1.29 is 41.4 Å². The third-order valence-electron chi connectivity index (χ3n) is 9.28. The minimum Gasteiger partial charge on any atom is -0.480 e. The lowest BCUT2D eigenvalue weighted by atomic mass is 9.93. The average Bonchev–Trinajstić information content (AvgIpc) is 3.64. The minimum atomic E-state index is -4.36. The molecule has 0 bridgehead atoms. The SMILES string of the molecule is CS.Cc1nn(CC(=O)O)c(C)c1-c1ccccc1Cc1ccc(C(F)(F)F)cc1.Cc1nn(CCO)c(C)c1-c1ccccc1Cc1ccc(C(F)(F)F)cc1.[B]C. The van der Waals surface area contributed by atoms with E-state index in [9.17, 15) is 36.2 Å². The number of thiol groups is 1. The molecule has 2 N–H and O–H groups in total. The lowest BCUT2D eigenvalue weighted by Crippen LogP contribution is -2.11. The van der Waals surface area contributed by atoms with Crippen molar-refractivity contribution in [2.24, 2.45) is 0 Å². The van der Waals surface area contributed by atoms with Crippen LogP contribution in [0, 0.1) is 27.7 Å². The highest BCUT2D eigenvalue weighted by Crippen LogP contribution is 2.35. The van der Waals surface area contributed by atoms with Crippen LogP contribution in [-0.2, 0) is 43.1 Å². The van der Waals surface area contributed by atoms with E-state index < -0.39 is 29.4 Å². The molecule has 0 unspecified atom stereocenters. The van der Waals surface area contributed by atoms with Crippen LogP contribution in [0.2, 0.25) is 6.82 Å². The Morgan fingerprint density at radius 1 is 0.627 bits per heavy atom. The Labute approximate surface area is 347 Å². The number of aliphatic hydroxyl groups is 1. The molecule has 0 atom stereocenters. The van der Waals surface area contributed by atoms with Crippen molar-refractivity contribution in [3.8, 4) is 22.3 Å². The predicted molar refractivity (Wildman–Crippen MR) is 224 cm³/mol. The lowest BCUT2D eigenvalue weighted by Gasteiger charge is -2.12. The zero-order valence-electron chi connectivity index (χ0n) is 33.7. The van der Waals surface area contributed by atoms with Gasteiger partial charge in [0.05, 0.1) is 43.5 Å². The zero-order valence-corrected chi connectivity index (χ0v) is 34.6. The first-order valence-corrected chi connectivity index (χ1v) is 19.3. The largest absolute Gasteiger partial charge is 0.480 e. The molecule has 0 aliphatic carbocycles. The number of rotatable bonds is 10. The highest BCUT2D eigenvalue weighted by atomic mass is 32.1. The molecule has 0 aliphatic rings. The fraction of sp³-hybridized carbons (Fsp3) is 0.295. The molecule has 59 heavy (non-hydrogen) atoms. The number of carboxylic acid groups (broad SMARTS) is 1. The minimum absolute atomic E-state index is 0.00853. The molecule has 4 aromatic carbocycles. The molecule has 312 valence electrons. The van der Waals surface area contributed by atoms with Gasteiger partial charge in [0.2, 0.25) is 0 Å². The van der Waals surface area contributed by atoms with Crippen molar-refractivity contribution in [3.63, 3.8) is 0 Å². The van der Waals surface area contributed by atoms with Crippen LogP contribution in [0.25, 0.3) is 22.3 Å². The number of benzene rings is 4. The van der Waals surface area contributed by atoms with Crippen LogP contribution in [0.3, 0.4) is 0 Å². The van der Waals surface area contributed by atoms with Gasteiger partial charge in [0.25, 0.3) is 0 Å². The first kappa shape index (κ1) is 48.1. The predicted octanol–water partition coefficient (Wildman–Crippen LogP) is 10.4. The molecule has 0 fully saturated rings. The lowest BCUT2D eigenvalue weighted by molar-refractivity contribution is -0.138. The molecule has 0 saturated carbocycles. The maximum absolute atomic E-state index is 12.8. The molecular weight excluding hydrogens is 789 g/mol. The van der Waals surface area contributed by atoms with Crippen LogP contribution in [0.4, 0.5) is 26.3 Å². The quantitative estimate of drug-likeness (QED) is 0.0726. The number of halogens is 6. The molecule has 6 aromatic rings. The molecule has 0 saturated heterocycles. The number of nitrogens with zero attached hydrogens (tertiary/aromatic N) is 4. The zero-order chi connectivity index (χ0) is 44.1. The number of aliphatic carboxylic acids is 1. The number of aryl methyl sites for hydroxylation is 2. The third-order valence-corrected chi connectivity index (χ3v) is 9.28. The monoisotopic (exact) mass is 836 g/mol. The summed E-state index contributed by atoms with van der Waals surface area (Å²) in [6, 6.07) is 25.8. The van der Waals surface area contributed by atoms with E-state index in [1.807, 2.05) is 76.2 Å². The topological polar surface area (TPSA) is 93.2 Å². The van der Waals surface area contributed by atoms with E-state index >= 15 is 0 Å². The molecule has 2 aromatic heterocycles. The molecule has 2 heterocycles. The van der Waals surface area contributed by atoms with E-state index in [4.69, 9.17) is 5.11 Å². The number of carbonyl (C=O) groups is 1. The molecular formula is C44H47BF6N4O3S. The van der Waals surface area contributed by atoms with Gasteiger partial charge in [-0.3, -0.25) is 14.2 Å². The van der Waals surface area contributed by atoms with Crippen LogP contribution >= 0.6 is 12.6 Å². The Bertz CT molecular complexity index is 2270. The number of aromatic nitrogens is 4. The van der Waals surface area contributed by atoms with Gasteiger partial charge in [-0.05, 0) is 104 Å². The van der Waals surface area contributed by atoms with Crippen molar-refractivity contribution in [1.29, 1.82) is 0 Å². The fourth-order valence-corrected chi connectivity index (χ4v) is 6.67.